The van der Waals surface area contributed by atoms with E-state index in [1.807, 2.05) is 6.20 Å². The molecule has 0 saturated carbocycles. The lowest BCUT2D eigenvalue weighted by molar-refractivity contribution is 0.889. The number of hydrogen-bond acceptors (Lipinski definition) is 2. The van der Waals surface area contributed by atoms with Gasteiger partial charge in [0.2, 0.25) is 0 Å². The molecule has 0 aliphatic heterocycles. The average molecular weight is 354 g/mol. The molecule has 0 saturated heterocycles. The third-order valence-electron chi connectivity index (χ3n) is 5.17. The number of rotatable bonds is 4. The lowest BCUT2D eigenvalue weighted by Gasteiger charge is -2.14. The molecule has 2 heteroatoms. The quantitative estimate of drug-likeness (QED) is 0.584. The number of nitrogens with one attached hydrogen (secondary N) is 1. The van der Waals surface area contributed by atoms with E-state index in [1.165, 1.54) is 38.9 Å². The molecular weight excluding hydrogens is 328 g/mol. The van der Waals surface area contributed by atoms with Crippen LogP contribution in [0.15, 0.2) is 54.7 Å². The average Bonchev–Trinajstić information content (AvgIpc) is 3.11. The number of allylic oxidation sites excluding steroid dienone is 1. The fourth-order valence-corrected chi connectivity index (χ4v) is 3.79. The summed E-state index contributed by atoms with van der Waals surface area (Å²) in [4.78, 5) is 4.57. The Hall–Kier alpha value is -2.87. The Morgan fingerprint density at radius 2 is 1.59 bits per heavy atom. The van der Waals surface area contributed by atoms with Gasteiger partial charge in [0, 0.05) is 17.8 Å². The standard InChI is InChI=1S/C25H26N2/c1-16(2)27-25-11-10-22(15-26-25)24-13-17(3)23(12-18(24)4)21-9-8-19-6-5-7-20(19)14-21/h5,7-16H,6H2,1-4H3,(H,26,27). The Morgan fingerprint density at radius 3 is 2.26 bits per heavy atom. The van der Waals surface area contributed by atoms with Crippen LogP contribution in [0.4, 0.5) is 5.82 Å². The SMILES string of the molecule is Cc1cc(-c2ccc3c(c2)C=CC3)c(C)cc1-c1ccc(NC(C)C)nc1. The van der Waals surface area contributed by atoms with Gasteiger partial charge in [0.1, 0.15) is 5.82 Å². The molecule has 0 radical (unpaired) electrons. The van der Waals surface area contributed by atoms with Crippen molar-refractivity contribution in [3.63, 3.8) is 0 Å². The molecular formula is C25H26N2. The second-order valence-electron chi connectivity index (χ2n) is 7.73. The van der Waals surface area contributed by atoms with Gasteiger partial charge in [-0.1, -0.05) is 36.4 Å². The molecule has 2 aromatic carbocycles. The number of anilines is 1. The zero-order valence-electron chi connectivity index (χ0n) is 16.5. The molecule has 0 amide bonds. The van der Waals surface area contributed by atoms with Gasteiger partial charge in [0.05, 0.1) is 0 Å². The first-order chi connectivity index (χ1) is 13.0. The molecule has 0 spiro atoms. The maximum atomic E-state index is 4.57. The van der Waals surface area contributed by atoms with Crippen molar-refractivity contribution in [3.05, 3.63) is 77.0 Å². The normalized spacial score (nSPS) is 12.5. The van der Waals surface area contributed by atoms with Gasteiger partial charge in [0.25, 0.3) is 0 Å². The topological polar surface area (TPSA) is 24.9 Å². The number of aryl methyl sites for hydroxylation is 2. The van der Waals surface area contributed by atoms with Crippen LogP contribution in [-0.4, -0.2) is 11.0 Å². The van der Waals surface area contributed by atoms with Crippen molar-refractivity contribution in [1.82, 2.24) is 4.98 Å². The van der Waals surface area contributed by atoms with E-state index in [2.05, 4.69) is 92.6 Å². The van der Waals surface area contributed by atoms with Gasteiger partial charge in [-0.05, 0) is 91.3 Å². The van der Waals surface area contributed by atoms with Gasteiger partial charge >= 0.3 is 0 Å². The predicted octanol–water partition coefficient (Wildman–Crippen LogP) is 6.42. The molecule has 0 bridgehead atoms. The van der Waals surface area contributed by atoms with Crippen LogP contribution in [-0.2, 0) is 6.42 Å². The number of hydrogen-bond donors (Lipinski definition) is 1. The minimum atomic E-state index is 0.383. The monoisotopic (exact) mass is 354 g/mol. The van der Waals surface area contributed by atoms with Gasteiger partial charge in [-0.15, -0.1) is 0 Å². The van der Waals surface area contributed by atoms with E-state index < -0.39 is 0 Å². The third kappa shape index (κ3) is 3.52. The van der Waals surface area contributed by atoms with Crippen LogP contribution in [0.3, 0.4) is 0 Å². The highest BCUT2D eigenvalue weighted by Crippen LogP contribution is 2.33. The molecule has 27 heavy (non-hydrogen) atoms. The van der Waals surface area contributed by atoms with E-state index >= 15 is 0 Å². The summed E-state index contributed by atoms with van der Waals surface area (Å²) in [5.41, 5.74) is 10.4. The minimum absolute atomic E-state index is 0.383. The van der Waals surface area contributed by atoms with Crippen molar-refractivity contribution in [2.45, 2.75) is 40.2 Å². The molecule has 0 fully saturated rings. The van der Waals surface area contributed by atoms with E-state index in [4.69, 9.17) is 0 Å². The Bertz CT molecular complexity index is 1010. The van der Waals surface area contributed by atoms with Gasteiger partial charge in [-0.2, -0.15) is 0 Å². The van der Waals surface area contributed by atoms with Crippen LogP contribution in [0.25, 0.3) is 28.3 Å². The second-order valence-corrected chi connectivity index (χ2v) is 7.73. The smallest absolute Gasteiger partial charge is 0.126 e. The number of aromatic nitrogens is 1. The maximum Gasteiger partial charge on any atom is 0.126 e. The number of pyridine rings is 1. The Kier molecular flexibility index (Phi) is 4.57. The number of benzene rings is 2. The molecule has 136 valence electrons. The fraction of sp³-hybridized carbons (Fsp3) is 0.240. The Labute approximate surface area is 162 Å². The highest BCUT2D eigenvalue weighted by atomic mass is 15.0. The molecule has 1 aliphatic carbocycles. The first-order valence-corrected chi connectivity index (χ1v) is 9.65. The molecule has 2 nitrogen and oxygen atoms in total. The lowest BCUT2D eigenvalue weighted by Crippen LogP contribution is -2.10. The Morgan fingerprint density at radius 1 is 0.889 bits per heavy atom. The van der Waals surface area contributed by atoms with E-state index in [-0.39, 0.29) is 0 Å². The molecule has 3 aromatic rings. The van der Waals surface area contributed by atoms with E-state index in [0.29, 0.717) is 6.04 Å². The van der Waals surface area contributed by atoms with Crippen LogP contribution in [0.5, 0.6) is 0 Å². The van der Waals surface area contributed by atoms with Crippen molar-refractivity contribution < 1.29 is 0 Å². The highest BCUT2D eigenvalue weighted by Gasteiger charge is 2.12. The molecule has 1 aliphatic rings. The third-order valence-corrected chi connectivity index (χ3v) is 5.17. The van der Waals surface area contributed by atoms with Gasteiger partial charge < -0.3 is 5.32 Å². The summed E-state index contributed by atoms with van der Waals surface area (Å²) in [5.74, 6) is 0.922. The molecule has 1 N–H and O–H groups in total. The summed E-state index contributed by atoms with van der Waals surface area (Å²) in [5, 5.41) is 3.34. The minimum Gasteiger partial charge on any atom is -0.368 e. The summed E-state index contributed by atoms with van der Waals surface area (Å²) in [6.07, 6.45) is 7.49. The first kappa shape index (κ1) is 17.5. The Balaban J connectivity index is 1.69. The number of fused-ring (bicyclic) bond motifs is 1. The molecule has 0 unspecified atom stereocenters. The lowest BCUT2D eigenvalue weighted by atomic mass is 9.91. The van der Waals surface area contributed by atoms with Crippen molar-refractivity contribution in [1.29, 1.82) is 0 Å². The fourth-order valence-electron chi connectivity index (χ4n) is 3.79. The van der Waals surface area contributed by atoms with Gasteiger partial charge in [-0.3, -0.25) is 0 Å². The van der Waals surface area contributed by atoms with Crippen LogP contribution in [0, 0.1) is 13.8 Å². The van der Waals surface area contributed by atoms with Crippen LogP contribution >= 0.6 is 0 Å². The van der Waals surface area contributed by atoms with E-state index in [9.17, 15) is 0 Å². The summed E-state index contributed by atoms with van der Waals surface area (Å²) in [7, 11) is 0. The van der Waals surface area contributed by atoms with Gasteiger partial charge in [0.15, 0.2) is 0 Å². The molecule has 1 heterocycles. The predicted molar refractivity (Wildman–Crippen MR) is 116 cm³/mol. The van der Waals surface area contributed by atoms with E-state index in [1.54, 1.807) is 0 Å². The zero-order valence-corrected chi connectivity index (χ0v) is 16.5. The molecule has 4 rings (SSSR count). The first-order valence-electron chi connectivity index (χ1n) is 9.65. The summed E-state index contributed by atoms with van der Waals surface area (Å²) < 4.78 is 0. The zero-order chi connectivity index (χ0) is 19.0. The van der Waals surface area contributed by atoms with Crippen molar-refractivity contribution in [2.24, 2.45) is 0 Å². The van der Waals surface area contributed by atoms with Crippen LogP contribution < -0.4 is 5.32 Å². The van der Waals surface area contributed by atoms with Crippen molar-refractivity contribution >= 4 is 11.9 Å². The summed E-state index contributed by atoms with van der Waals surface area (Å²) in [6.45, 7) is 8.63. The van der Waals surface area contributed by atoms with Crippen LogP contribution in [0.1, 0.15) is 36.1 Å². The van der Waals surface area contributed by atoms with E-state index in [0.717, 1.165) is 17.8 Å². The van der Waals surface area contributed by atoms with Crippen molar-refractivity contribution in [3.8, 4) is 22.3 Å². The number of nitrogens with zero attached hydrogens (tertiary/aromatic N) is 1. The molecule has 1 aromatic heterocycles. The van der Waals surface area contributed by atoms with Crippen molar-refractivity contribution in [2.75, 3.05) is 5.32 Å². The maximum absolute atomic E-state index is 4.57. The summed E-state index contributed by atoms with van der Waals surface area (Å²) in [6, 6.07) is 16.0. The van der Waals surface area contributed by atoms with Crippen LogP contribution in [0.2, 0.25) is 0 Å². The summed E-state index contributed by atoms with van der Waals surface area (Å²) >= 11 is 0. The molecule has 0 atom stereocenters. The second kappa shape index (κ2) is 7.03. The highest BCUT2D eigenvalue weighted by molar-refractivity contribution is 5.78. The largest absolute Gasteiger partial charge is 0.368 e. The van der Waals surface area contributed by atoms with Gasteiger partial charge in [-0.25, -0.2) is 4.98 Å².